The van der Waals surface area contributed by atoms with Gasteiger partial charge < -0.3 is 15.4 Å². The van der Waals surface area contributed by atoms with Crippen LogP contribution in [0.2, 0.25) is 0 Å². The molecule has 0 spiro atoms. The van der Waals surface area contributed by atoms with Crippen molar-refractivity contribution in [3.05, 3.63) is 59.4 Å². The molecule has 2 amide bonds. The van der Waals surface area contributed by atoms with Gasteiger partial charge in [0.15, 0.2) is 11.6 Å². The number of carbonyl (C=O) groups is 2. The Morgan fingerprint density at radius 3 is 2.46 bits per heavy atom. The molecule has 0 radical (unpaired) electrons. The van der Waals surface area contributed by atoms with Gasteiger partial charge in [-0.25, -0.2) is 13.8 Å². The fourth-order valence-corrected chi connectivity index (χ4v) is 1.81. The Hall–Kier alpha value is -2.87. The number of amides is 2. The van der Waals surface area contributed by atoms with Crippen molar-refractivity contribution < 1.29 is 23.1 Å². The summed E-state index contributed by atoms with van der Waals surface area (Å²) in [6.07, 6.45) is 0. The van der Waals surface area contributed by atoms with E-state index in [1.807, 2.05) is 0 Å². The average Bonchev–Trinajstić information content (AvgIpc) is 2.58. The summed E-state index contributed by atoms with van der Waals surface area (Å²) in [6.45, 7) is 0.657. The standard InChI is InChI=1S/C16H15F2N3O3/c1-24-8-7-19-15(22)13-3-2-4-14(21-13)16(23)20-10-5-6-11(17)12(18)9-10/h2-6,9H,7-8H2,1H3,(H,19,22)(H,20,23). The third-order valence-electron chi connectivity index (χ3n) is 2.98. The molecule has 2 rings (SSSR count). The highest BCUT2D eigenvalue weighted by Gasteiger charge is 2.13. The fraction of sp³-hybridized carbons (Fsp3) is 0.188. The first-order chi connectivity index (χ1) is 11.5. The molecule has 2 N–H and O–H groups in total. The zero-order chi connectivity index (χ0) is 17.5. The number of hydrogen-bond acceptors (Lipinski definition) is 4. The molecule has 1 heterocycles. The summed E-state index contributed by atoms with van der Waals surface area (Å²) in [5.74, 6) is -3.19. The molecule has 0 atom stereocenters. The van der Waals surface area contributed by atoms with Crippen molar-refractivity contribution >= 4 is 17.5 Å². The van der Waals surface area contributed by atoms with Crippen molar-refractivity contribution in [2.45, 2.75) is 0 Å². The highest BCUT2D eigenvalue weighted by molar-refractivity contribution is 6.03. The number of carbonyl (C=O) groups excluding carboxylic acids is 2. The summed E-state index contributed by atoms with van der Waals surface area (Å²) in [6, 6.07) is 7.33. The fourth-order valence-electron chi connectivity index (χ4n) is 1.81. The highest BCUT2D eigenvalue weighted by Crippen LogP contribution is 2.14. The van der Waals surface area contributed by atoms with Crippen LogP contribution < -0.4 is 10.6 Å². The number of rotatable bonds is 6. The van der Waals surface area contributed by atoms with Gasteiger partial charge in [0.25, 0.3) is 11.8 Å². The Morgan fingerprint density at radius 1 is 1.08 bits per heavy atom. The zero-order valence-corrected chi connectivity index (χ0v) is 12.8. The van der Waals surface area contributed by atoms with E-state index in [1.165, 1.54) is 31.4 Å². The molecule has 6 nitrogen and oxygen atoms in total. The van der Waals surface area contributed by atoms with E-state index < -0.39 is 23.4 Å². The van der Waals surface area contributed by atoms with E-state index in [-0.39, 0.29) is 17.1 Å². The molecule has 0 fully saturated rings. The maximum absolute atomic E-state index is 13.1. The Labute approximate surface area is 136 Å². The van der Waals surface area contributed by atoms with E-state index in [0.717, 1.165) is 12.1 Å². The zero-order valence-electron chi connectivity index (χ0n) is 12.8. The SMILES string of the molecule is COCCNC(=O)c1cccc(C(=O)Nc2ccc(F)c(F)c2)n1. The van der Waals surface area contributed by atoms with Gasteiger partial charge in [-0.05, 0) is 24.3 Å². The number of aromatic nitrogens is 1. The van der Waals surface area contributed by atoms with Gasteiger partial charge in [-0.2, -0.15) is 0 Å². The maximum Gasteiger partial charge on any atom is 0.274 e. The van der Waals surface area contributed by atoms with Gasteiger partial charge in [0.2, 0.25) is 0 Å². The molecule has 0 aliphatic rings. The number of benzene rings is 1. The molecule has 1 aromatic carbocycles. The molecule has 0 unspecified atom stereocenters. The molecule has 126 valence electrons. The lowest BCUT2D eigenvalue weighted by Gasteiger charge is -2.07. The van der Waals surface area contributed by atoms with Crippen LogP contribution in [0.15, 0.2) is 36.4 Å². The van der Waals surface area contributed by atoms with Gasteiger partial charge in [0.05, 0.1) is 6.61 Å². The minimum Gasteiger partial charge on any atom is -0.383 e. The summed E-state index contributed by atoms with van der Waals surface area (Å²) < 4.78 is 30.8. The first kappa shape index (κ1) is 17.5. The Bertz CT molecular complexity index is 753. The van der Waals surface area contributed by atoms with Crippen molar-refractivity contribution in [1.29, 1.82) is 0 Å². The van der Waals surface area contributed by atoms with Crippen LogP contribution in [0.25, 0.3) is 0 Å². The van der Waals surface area contributed by atoms with Crippen molar-refractivity contribution in [3.8, 4) is 0 Å². The minimum atomic E-state index is -1.08. The van der Waals surface area contributed by atoms with Crippen LogP contribution in [-0.4, -0.2) is 37.1 Å². The Kier molecular flexibility index (Phi) is 5.91. The minimum absolute atomic E-state index is 0.0286. The maximum atomic E-state index is 13.1. The summed E-state index contributed by atoms with van der Waals surface area (Å²) >= 11 is 0. The van der Waals surface area contributed by atoms with E-state index >= 15 is 0 Å². The second kappa shape index (κ2) is 8.11. The van der Waals surface area contributed by atoms with Gasteiger partial charge in [-0.3, -0.25) is 9.59 Å². The summed E-state index contributed by atoms with van der Waals surface area (Å²) in [7, 11) is 1.51. The van der Waals surface area contributed by atoms with Crippen LogP contribution in [0.3, 0.4) is 0 Å². The third kappa shape index (κ3) is 4.56. The van der Waals surface area contributed by atoms with E-state index in [4.69, 9.17) is 4.74 Å². The monoisotopic (exact) mass is 335 g/mol. The number of nitrogens with zero attached hydrogens (tertiary/aromatic N) is 1. The van der Waals surface area contributed by atoms with Gasteiger partial charge in [0.1, 0.15) is 11.4 Å². The normalized spacial score (nSPS) is 10.3. The van der Waals surface area contributed by atoms with Crippen LogP contribution in [0.4, 0.5) is 14.5 Å². The highest BCUT2D eigenvalue weighted by atomic mass is 19.2. The van der Waals surface area contributed by atoms with Gasteiger partial charge in [0, 0.05) is 25.4 Å². The van der Waals surface area contributed by atoms with Gasteiger partial charge in [-0.1, -0.05) is 6.07 Å². The van der Waals surface area contributed by atoms with Gasteiger partial charge in [-0.15, -0.1) is 0 Å². The summed E-state index contributed by atoms with van der Waals surface area (Å²) in [5, 5.41) is 4.96. The molecule has 0 saturated heterocycles. The van der Waals surface area contributed by atoms with Gasteiger partial charge >= 0.3 is 0 Å². The molecule has 8 heteroatoms. The van der Waals surface area contributed by atoms with E-state index in [2.05, 4.69) is 15.6 Å². The molecular weight excluding hydrogens is 320 g/mol. The molecule has 0 bridgehead atoms. The lowest BCUT2D eigenvalue weighted by atomic mass is 10.2. The Balaban J connectivity index is 2.08. The van der Waals surface area contributed by atoms with Crippen molar-refractivity contribution in [2.24, 2.45) is 0 Å². The number of hydrogen-bond donors (Lipinski definition) is 2. The number of halogens is 2. The number of ether oxygens (including phenoxy) is 1. The number of pyridine rings is 1. The summed E-state index contributed by atoms with van der Waals surface area (Å²) in [4.78, 5) is 27.9. The largest absolute Gasteiger partial charge is 0.383 e. The van der Waals surface area contributed by atoms with Crippen LogP contribution in [0.1, 0.15) is 21.0 Å². The van der Waals surface area contributed by atoms with Crippen molar-refractivity contribution in [1.82, 2.24) is 10.3 Å². The van der Waals surface area contributed by atoms with Crippen LogP contribution in [-0.2, 0) is 4.74 Å². The molecule has 24 heavy (non-hydrogen) atoms. The average molecular weight is 335 g/mol. The summed E-state index contributed by atoms with van der Waals surface area (Å²) in [5.41, 5.74) is 0.110. The third-order valence-corrected chi connectivity index (χ3v) is 2.98. The predicted octanol–water partition coefficient (Wildman–Crippen LogP) is 1.99. The Morgan fingerprint density at radius 2 is 1.79 bits per heavy atom. The number of nitrogens with one attached hydrogen (secondary N) is 2. The topological polar surface area (TPSA) is 80.3 Å². The second-order valence-electron chi connectivity index (χ2n) is 4.74. The smallest absolute Gasteiger partial charge is 0.274 e. The first-order valence-electron chi connectivity index (χ1n) is 7.02. The number of anilines is 1. The molecule has 1 aromatic heterocycles. The molecular formula is C16H15F2N3O3. The lowest BCUT2D eigenvalue weighted by molar-refractivity contribution is 0.0932. The van der Waals surface area contributed by atoms with E-state index in [9.17, 15) is 18.4 Å². The lowest BCUT2D eigenvalue weighted by Crippen LogP contribution is -2.28. The van der Waals surface area contributed by atoms with E-state index in [1.54, 1.807) is 0 Å². The van der Waals surface area contributed by atoms with E-state index in [0.29, 0.717) is 13.2 Å². The first-order valence-corrected chi connectivity index (χ1v) is 7.02. The molecule has 2 aromatic rings. The van der Waals surface area contributed by atoms with Crippen LogP contribution in [0, 0.1) is 11.6 Å². The van der Waals surface area contributed by atoms with Crippen LogP contribution >= 0.6 is 0 Å². The molecule has 0 aliphatic carbocycles. The quantitative estimate of drug-likeness (QED) is 0.791. The molecule has 0 aliphatic heterocycles. The van der Waals surface area contributed by atoms with Crippen molar-refractivity contribution in [3.63, 3.8) is 0 Å². The molecule has 0 saturated carbocycles. The number of methoxy groups -OCH3 is 1. The van der Waals surface area contributed by atoms with Crippen LogP contribution in [0.5, 0.6) is 0 Å². The predicted molar refractivity (Wildman–Crippen MR) is 82.8 cm³/mol. The second-order valence-corrected chi connectivity index (χ2v) is 4.74. The van der Waals surface area contributed by atoms with Crippen molar-refractivity contribution in [2.75, 3.05) is 25.6 Å².